The number of benzene rings is 1. The number of nitrogens with one attached hydrogen (secondary N) is 1. The highest BCUT2D eigenvalue weighted by atomic mass is 16.2. The SMILES string of the molecule is CCn1cc(C(=O)N2CCCC2c2cncc(NC)n2)c2ccccc21. The minimum absolute atomic E-state index is 0.0213. The van der Waals surface area contributed by atoms with Gasteiger partial charge in [-0.15, -0.1) is 0 Å². The van der Waals surface area contributed by atoms with Crippen molar-refractivity contribution in [2.24, 2.45) is 0 Å². The minimum Gasteiger partial charge on any atom is -0.372 e. The number of para-hydroxylation sites is 1. The number of hydrogen-bond acceptors (Lipinski definition) is 4. The first-order valence-corrected chi connectivity index (χ1v) is 9.11. The van der Waals surface area contributed by atoms with Crippen molar-refractivity contribution >= 4 is 22.6 Å². The van der Waals surface area contributed by atoms with Gasteiger partial charge in [-0.1, -0.05) is 18.2 Å². The summed E-state index contributed by atoms with van der Waals surface area (Å²) < 4.78 is 2.13. The molecule has 1 atom stereocenters. The van der Waals surface area contributed by atoms with E-state index in [1.807, 2.05) is 36.3 Å². The van der Waals surface area contributed by atoms with Crippen LogP contribution in [-0.4, -0.2) is 38.9 Å². The highest BCUT2D eigenvalue weighted by Gasteiger charge is 2.33. The van der Waals surface area contributed by atoms with Crippen LogP contribution in [-0.2, 0) is 6.54 Å². The second kappa shape index (κ2) is 6.78. The molecule has 2 aromatic heterocycles. The van der Waals surface area contributed by atoms with Crippen LogP contribution in [0.1, 0.15) is 41.9 Å². The third kappa shape index (κ3) is 2.71. The van der Waals surface area contributed by atoms with Crippen molar-refractivity contribution in [2.45, 2.75) is 32.4 Å². The van der Waals surface area contributed by atoms with Crippen LogP contribution in [0.5, 0.6) is 0 Å². The maximum atomic E-state index is 13.4. The van der Waals surface area contributed by atoms with E-state index in [2.05, 4.69) is 32.8 Å². The lowest BCUT2D eigenvalue weighted by Crippen LogP contribution is -2.31. The summed E-state index contributed by atoms with van der Waals surface area (Å²) in [6.45, 7) is 3.69. The summed E-state index contributed by atoms with van der Waals surface area (Å²) in [7, 11) is 1.82. The average Bonchev–Trinajstić information content (AvgIpc) is 3.32. The number of aromatic nitrogens is 3. The predicted octanol–water partition coefficient (Wildman–Crippen LogP) is 3.47. The van der Waals surface area contributed by atoms with E-state index in [4.69, 9.17) is 0 Å². The number of carbonyl (C=O) groups excluding carboxylic acids is 1. The van der Waals surface area contributed by atoms with Crippen molar-refractivity contribution < 1.29 is 4.79 Å². The molecule has 1 amide bonds. The Morgan fingerprint density at radius 2 is 2.15 bits per heavy atom. The molecule has 3 heterocycles. The molecule has 4 rings (SSSR count). The van der Waals surface area contributed by atoms with Crippen molar-refractivity contribution in [1.29, 1.82) is 0 Å². The zero-order chi connectivity index (χ0) is 18.1. The molecule has 1 saturated heterocycles. The summed E-state index contributed by atoms with van der Waals surface area (Å²) in [6.07, 6.45) is 7.35. The van der Waals surface area contributed by atoms with Crippen LogP contribution >= 0.6 is 0 Å². The third-order valence-corrected chi connectivity index (χ3v) is 5.12. The van der Waals surface area contributed by atoms with E-state index in [1.54, 1.807) is 12.4 Å². The summed E-state index contributed by atoms with van der Waals surface area (Å²) in [5, 5.41) is 4.04. The molecule has 6 nitrogen and oxygen atoms in total. The van der Waals surface area contributed by atoms with Gasteiger partial charge in [0.05, 0.1) is 29.7 Å². The van der Waals surface area contributed by atoms with Gasteiger partial charge in [0.1, 0.15) is 5.82 Å². The fourth-order valence-corrected chi connectivity index (χ4v) is 3.81. The van der Waals surface area contributed by atoms with Crippen LogP contribution in [0.3, 0.4) is 0 Å². The summed E-state index contributed by atoms with van der Waals surface area (Å²) in [5.41, 5.74) is 2.72. The van der Waals surface area contributed by atoms with Gasteiger partial charge in [0.15, 0.2) is 0 Å². The van der Waals surface area contributed by atoms with Crippen molar-refractivity contribution in [3.8, 4) is 0 Å². The van der Waals surface area contributed by atoms with Crippen LogP contribution in [0.25, 0.3) is 10.9 Å². The van der Waals surface area contributed by atoms with Gasteiger partial charge in [0, 0.05) is 37.2 Å². The molecule has 0 spiro atoms. The Labute approximate surface area is 152 Å². The minimum atomic E-state index is -0.0213. The first-order valence-electron chi connectivity index (χ1n) is 9.11. The number of nitrogens with zero attached hydrogens (tertiary/aromatic N) is 4. The molecule has 1 aromatic carbocycles. The molecular formula is C20H23N5O. The molecule has 26 heavy (non-hydrogen) atoms. The number of fused-ring (bicyclic) bond motifs is 1. The van der Waals surface area contributed by atoms with Gasteiger partial charge in [-0.25, -0.2) is 4.98 Å². The van der Waals surface area contributed by atoms with Crippen LogP contribution in [0.4, 0.5) is 5.82 Å². The topological polar surface area (TPSA) is 63.1 Å². The molecule has 1 fully saturated rings. The molecule has 1 N–H and O–H groups in total. The quantitative estimate of drug-likeness (QED) is 0.783. The van der Waals surface area contributed by atoms with Gasteiger partial charge in [0.25, 0.3) is 5.91 Å². The maximum absolute atomic E-state index is 13.4. The van der Waals surface area contributed by atoms with Crippen LogP contribution in [0, 0.1) is 0 Å². The summed E-state index contributed by atoms with van der Waals surface area (Å²) in [6, 6.07) is 8.08. The summed E-state index contributed by atoms with van der Waals surface area (Å²) in [5.74, 6) is 0.803. The molecule has 134 valence electrons. The fraction of sp³-hybridized carbons (Fsp3) is 0.350. The molecule has 0 saturated carbocycles. The number of hydrogen-bond donors (Lipinski definition) is 1. The van der Waals surface area contributed by atoms with Gasteiger partial charge >= 0.3 is 0 Å². The standard InChI is InChI=1S/C20H23N5O/c1-3-24-13-15(14-7-4-5-8-17(14)24)20(26)25-10-6-9-18(25)16-11-22-12-19(21-2)23-16/h4-5,7-8,11-13,18H,3,6,9-10H2,1-2H3,(H,21,23). The van der Waals surface area contributed by atoms with E-state index in [-0.39, 0.29) is 11.9 Å². The van der Waals surface area contributed by atoms with E-state index in [1.165, 1.54) is 0 Å². The Hall–Kier alpha value is -2.89. The van der Waals surface area contributed by atoms with Crippen LogP contribution < -0.4 is 5.32 Å². The summed E-state index contributed by atoms with van der Waals surface area (Å²) in [4.78, 5) is 24.2. The second-order valence-electron chi connectivity index (χ2n) is 6.58. The van der Waals surface area contributed by atoms with Gasteiger partial charge in [-0.05, 0) is 25.8 Å². The molecular weight excluding hydrogens is 326 g/mol. The molecule has 1 unspecified atom stereocenters. The van der Waals surface area contributed by atoms with Crippen molar-refractivity contribution in [2.75, 3.05) is 18.9 Å². The zero-order valence-corrected chi connectivity index (χ0v) is 15.1. The Kier molecular flexibility index (Phi) is 4.32. The van der Waals surface area contributed by atoms with E-state index in [9.17, 15) is 4.79 Å². The predicted molar refractivity (Wildman–Crippen MR) is 102 cm³/mol. The molecule has 0 bridgehead atoms. The summed E-state index contributed by atoms with van der Waals surface area (Å²) >= 11 is 0. The highest BCUT2D eigenvalue weighted by molar-refractivity contribution is 6.07. The Morgan fingerprint density at radius 1 is 1.31 bits per heavy atom. The van der Waals surface area contributed by atoms with E-state index < -0.39 is 0 Å². The number of carbonyl (C=O) groups is 1. The molecule has 3 aromatic rings. The Balaban J connectivity index is 1.71. The lowest BCUT2D eigenvalue weighted by Gasteiger charge is -2.24. The largest absolute Gasteiger partial charge is 0.372 e. The lowest BCUT2D eigenvalue weighted by molar-refractivity contribution is 0.0734. The lowest BCUT2D eigenvalue weighted by atomic mass is 10.1. The van der Waals surface area contributed by atoms with Gasteiger partial charge in [-0.2, -0.15) is 0 Å². The smallest absolute Gasteiger partial charge is 0.256 e. The highest BCUT2D eigenvalue weighted by Crippen LogP contribution is 2.34. The zero-order valence-electron chi connectivity index (χ0n) is 15.1. The normalized spacial score (nSPS) is 17.0. The molecule has 1 aliphatic rings. The van der Waals surface area contributed by atoms with Gasteiger partial charge in [-0.3, -0.25) is 9.78 Å². The van der Waals surface area contributed by atoms with Crippen molar-refractivity contribution in [3.05, 3.63) is 54.1 Å². The van der Waals surface area contributed by atoms with Crippen molar-refractivity contribution in [1.82, 2.24) is 19.4 Å². The number of likely N-dealkylation sites (tertiary alicyclic amines) is 1. The molecule has 6 heteroatoms. The van der Waals surface area contributed by atoms with Crippen LogP contribution in [0.2, 0.25) is 0 Å². The number of aryl methyl sites for hydroxylation is 1. The first-order chi connectivity index (χ1) is 12.7. The van der Waals surface area contributed by atoms with Gasteiger partial charge in [0.2, 0.25) is 0 Å². The Bertz CT molecular complexity index is 948. The van der Waals surface area contributed by atoms with E-state index in [0.29, 0.717) is 0 Å². The van der Waals surface area contributed by atoms with Crippen LogP contribution in [0.15, 0.2) is 42.9 Å². The van der Waals surface area contributed by atoms with Gasteiger partial charge < -0.3 is 14.8 Å². The Morgan fingerprint density at radius 3 is 2.96 bits per heavy atom. The van der Waals surface area contributed by atoms with Crippen molar-refractivity contribution in [3.63, 3.8) is 0 Å². The van der Waals surface area contributed by atoms with E-state index >= 15 is 0 Å². The third-order valence-electron chi connectivity index (χ3n) is 5.12. The number of rotatable bonds is 4. The fourth-order valence-electron chi connectivity index (χ4n) is 3.81. The molecule has 1 aliphatic heterocycles. The maximum Gasteiger partial charge on any atom is 0.256 e. The average molecular weight is 349 g/mol. The number of anilines is 1. The monoisotopic (exact) mass is 349 g/mol. The number of amides is 1. The van der Waals surface area contributed by atoms with E-state index in [0.717, 1.165) is 53.9 Å². The second-order valence-corrected chi connectivity index (χ2v) is 6.58. The first kappa shape index (κ1) is 16.6. The molecule has 0 aliphatic carbocycles. The molecule has 0 radical (unpaired) electrons.